The van der Waals surface area contributed by atoms with Gasteiger partial charge in [0.2, 0.25) is 5.89 Å². The van der Waals surface area contributed by atoms with E-state index in [0.29, 0.717) is 23.3 Å². The predicted octanol–water partition coefficient (Wildman–Crippen LogP) is 3.10. The van der Waals surface area contributed by atoms with E-state index in [1.54, 1.807) is 13.1 Å². The van der Waals surface area contributed by atoms with Gasteiger partial charge >= 0.3 is 5.97 Å². The first-order valence-corrected chi connectivity index (χ1v) is 7.16. The predicted molar refractivity (Wildman–Crippen MR) is 76.1 cm³/mol. The van der Waals surface area contributed by atoms with Crippen molar-refractivity contribution in [2.24, 2.45) is 0 Å². The molecule has 0 fully saturated rings. The van der Waals surface area contributed by atoms with Gasteiger partial charge in [-0.2, -0.15) is 0 Å². The molecular formula is C13H17N3O3S. The number of nitrogens with one attached hydrogen (secondary N) is 1. The lowest BCUT2D eigenvalue weighted by molar-refractivity contribution is 0.0519. The molecule has 2 aromatic heterocycles. The van der Waals surface area contributed by atoms with E-state index in [9.17, 15) is 4.79 Å². The van der Waals surface area contributed by atoms with Crippen molar-refractivity contribution in [3.05, 3.63) is 28.4 Å². The van der Waals surface area contributed by atoms with E-state index < -0.39 is 5.97 Å². The number of carbonyl (C=O) groups is 1. The van der Waals surface area contributed by atoms with Crippen LogP contribution in [0.4, 0.5) is 5.13 Å². The molecule has 1 atom stereocenters. The normalized spacial score (nSPS) is 12.2. The molecule has 0 aliphatic carbocycles. The van der Waals surface area contributed by atoms with E-state index in [1.165, 1.54) is 11.3 Å². The molecular weight excluding hydrogens is 278 g/mol. The van der Waals surface area contributed by atoms with Crippen molar-refractivity contribution >= 4 is 22.4 Å². The first-order valence-electron chi connectivity index (χ1n) is 6.34. The Kier molecular flexibility index (Phi) is 4.39. The van der Waals surface area contributed by atoms with E-state index in [0.717, 1.165) is 10.6 Å². The Morgan fingerprint density at radius 2 is 2.30 bits per heavy atom. The van der Waals surface area contributed by atoms with E-state index in [4.69, 9.17) is 9.15 Å². The lowest BCUT2D eigenvalue weighted by Crippen LogP contribution is -2.09. The van der Waals surface area contributed by atoms with Crippen molar-refractivity contribution in [2.75, 3.05) is 11.9 Å². The summed E-state index contributed by atoms with van der Waals surface area (Å²) in [7, 11) is 0. The Labute approximate surface area is 121 Å². The van der Waals surface area contributed by atoms with Crippen LogP contribution in [0.2, 0.25) is 0 Å². The summed E-state index contributed by atoms with van der Waals surface area (Å²) in [6.45, 7) is 7.72. The molecule has 0 spiro atoms. The van der Waals surface area contributed by atoms with Crippen LogP contribution in [0.3, 0.4) is 0 Å². The van der Waals surface area contributed by atoms with Gasteiger partial charge in [0, 0.05) is 4.88 Å². The minimum atomic E-state index is -0.395. The number of hydrogen-bond acceptors (Lipinski definition) is 7. The fourth-order valence-corrected chi connectivity index (χ4v) is 2.55. The van der Waals surface area contributed by atoms with Crippen LogP contribution < -0.4 is 5.32 Å². The summed E-state index contributed by atoms with van der Waals surface area (Å²) in [4.78, 5) is 20.9. The molecule has 1 N–H and O–H groups in total. The average molecular weight is 295 g/mol. The standard InChI is InChI=1S/C13H17N3O3S/c1-5-18-12(17)10-9(4)20-13(16-10)15-8(3)11-14-6-7(2)19-11/h6,8H,5H2,1-4H3,(H,15,16). The molecule has 0 bridgehead atoms. The third-order valence-electron chi connectivity index (χ3n) is 2.61. The number of aromatic nitrogens is 2. The number of carbonyl (C=O) groups excluding carboxylic acids is 1. The SMILES string of the molecule is CCOC(=O)c1nc(NC(C)c2ncc(C)o2)sc1C. The molecule has 2 rings (SSSR count). The monoisotopic (exact) mass is 295 g/mol. The van der Waals surface area contributed by atoms with Crippen LogP contribution in [0.15, 0.2) is 10.6 Å². The highest BCUT2D eigenvalue weighted by atomic mass is 32.1. The van der Waals surface area contributed by atoms with Crippen LogP contribution in [0, 0.1) is 13.8 Å². The summed E-state index contributed by atoms with van der Waals surface area (Å²) in [6.07, 6.45) is 1.67. The number of hydrogen-bond donors (Lipinski definition) is 1. The van der Waals surface area contributed by atoms with Gasteiger partial charge in [-0.15, -0.1) is 11.3 Å². The number of aryl methyl sites for hydroxylation is 2. The molecule has 2 heterocycles. The van der Waals surface area contributed by atoms with Gasteiger partial charge in [-0.05, 0) is 27.7 Å². The molecule has 20 heavy (non-hydrogen) atoms. The minimum absolute atomic E-state index is 0.121. The van der Waals surface area contributed by atoms with Crippen molar-refractivity contribution in [1.82, 2.24) is 9.97 Å². The Balaban J connectivity index is 2.10. The molecule has 6 nitrogen and oxygen atoms in total. The van der Waals surface area contributed by atoms with E-state index in [2.05, 4.69) is 15.3 Å². The zero-order valence-corrected chi connectivity index (χ0v) is 12.7. The lowest BCUT2D eigenvalue weighted by atomic mass is 10.3. The number of oxazole rings is 1. The third-order valence-corrected chi connectivity index (χ3v) is 3.52. The van der Waals surface area contributed by atoms with Gasteiger partial charge in [0.15, 0.2) is 10.8 Å². The highest BCUT2D eigenvalue weighted by molar-refractivity contribution is 7.15. The molecule has 0 aliphatic rings. The minimum Gasteiger partial charge on any atom is -0.461 e. The maximum absolute atomic E-state index is 11.7. The molecule has 0 saturated heterocycles. The van der Waals surface area contributed by atoms with E-state index >= 15 is 0 Å². The molecule has 2 aromatic rings. The van der Waals surface area contributed by atoms with Crippen LogP contribution in [0.1, 0.15) is 46.9 Å². The molecule has 0 amide bonds. The Hall–Kier alpha value is -1.89. The molecule has 0 aliphatic heterocycles. The number of anilines is 1. The fourth-order valence-electron chi connectivity index (χ4n) is 1.67. The topological polar surface area (TPSA) is 77.2 Å². The highest BCUT2D eigenvalue weighted by Crippen LogP contribution is 2.26. The van der Waals surface area contributed by atoms with Gasteiger partial charge in [-0.25, -0.2) is 14.8 Å². The molecule has 7 heteroatoms. The van der Waals surface area contributed by atoms with Crippen molar-refractivity contribution in [2.45, 2.75) is 33.7 Å². The number of thiazole rings is 1. The second-order valence-electron chi connectivity index (χ2n) is 4.32. The molecule has 108 valence electrons. The van der Waals surface area contributed by atoms with Gasteiger partial charge in [-0.1, -0.05) is 0 Å². The van der Waals surface area contributed by atoms with Crippen molar-refractivity contribution in [1.29, 1.82) is 0 Å². The first kappa shape index (κ1) is 14.5. The quantitative estimate of drug-likeness (QED) is 0.854. The number of rotatable bonds is 5. The highest BCUT2D eigenvalue weighted by Gasteiger charge is 2.19. The van der Waals surface area contributed by atoms with Crippen LogP contribution >= 0.6 is 11.3 Å². The summed E-state index contributed by atoms with van der Waals surface area (Å²) in [6, 6.07) is -0.121. The van der Waals surface area contributed by atoms with Crippen LogP contribution in [0.25, 0.3) is 0 Å². The molecule has 0 aromatic carbocycles. The Morgan fingerprint density at radius 3 is 2.90 bits per heavy atom. The van der Waals surface area contributed by atoms with Gasteiger partial charge in [0.05, 0.1) is 12.8 Å². The first-order chi connectivity index (χ1) is 9.51. The smallest absolute Gasteiger partial charge is 0.358 e. The summed E-state index contributed by atoms with van der Waals surface area (Å²) >= 11 is 1.41. The van der Waals surface area contributed by atoms with Gasteiger partial charge in [0.25, 0.3) is 0 Å². The van der Waals surface area contributed by atoms with Crippen LogP contribution in [-0.2, 0) is 4.74 Å². The largest absolute Gasteiger partial charge is 0.461 e. The zero-order valence-electron chi connectivity index (χ0n) is 11.9. The second kappa shape index (κ2) is 6.04. The van der Waals surface area contributed by atoms with Gasteiger partial charge in [-0.3, -0.25) is 0 Å². The fraction of sp³-hybridized carbons (Fsp3) is 0.462. The van der Waals surface area contributed by atoms with Crippen molar-refractivity contribution in [3.8, 4) is 0 Å². The zero-order chi connectivity index (χ0) is 14.7. The number of nitrogens with zero attached hydrogens (tertiary/aromatic N) is 2. The third kappa shape index (κ3) is 3.16. The summed E-state index contributed by atoms with van der Waals surface area (Å²) < 4.78 is 10.4. The van der Waals surface area contributed by atoms with E-state index in [-0.39, 0.29) is 6.04 Å². The van der Waals surface area contributed by atoms with Crippen LogP contribution in [-0.4, -0.2) is 22.5 Å². The molecule has 0 radical (unpaired) electrons. The van der Waals surface area contributed by atoms with Crippen molar-refractivity contribution in [3.63, 3.8) is 0 Å². The van der Waals surface area contributed by atoms with E-state index in [1.807, 2.05) is 20.8 Å². The lowest BCUT2D eigenvalue weighted by Gasteiger charge is -2.08. The molecule has 0 saturated carbocycles. The number of esters is 1. The summed E-state index contributed by atoms with van der Waals surface area (Å²) in [5.74, 6) is 0.957. The Bertz CT molecular complexity index is 606. The summed E-state index contributed by atoms with van der Waals surface area (Å²) in [5, 5.41) is 3.82. The summed E-state index contributed by atoms with van der Waals surface area (Å²) in [5.41, 5.74) is 0.357. The maximum Gasteiger partial charge on any atom is 0.358 e. The van der Waals surface area contributed by atoms with Crippen molar-refractivity contribution < 1.29 is 13.9 Å². The number of ether oxygens (including phenoxy) is 1. The van der Waals surface area contributed by atoms with Gasteiger partial charge in [0.1, 0.15) is 11.8 Å². The van der Waals surface area contributed by atoms with Crippen LogP contribution in [0.5, 0.6) is 0 Å². The maximum atomic E-state index is 11.7. The Morgan fingerprint density at radius 1 is 1.55 bits per heavy atom. The second-order valence-corrected chi connectivity index (χ2v) is 5.52. The van der Waals surface area contributed by atoms with Gasteiger partial charge < -0.3 is 14.5 Å². The molecule has 1 unspecified atom stereocenters. The average Bonchev–Trinajstić information content (AvgIpc) is 2.96.